The van der Waals surface area contributed by atoms with Gasteiger partial charge in [-0.25, -0.2) is 9.59 Å². The van der Waals surface area contributed by atoms with Crippen molar-refractivity contribution in [1.29, 1.82) is 0 Å². The van der Waals surface area contributed by atoms with E-state index in [0.717, 1.165) is 17.7 Å². The van der Waals surface area contributed by atoms with Gasteiger partial charge in [0.25, 0.3) is 0 Å². The molecule has 0 amide bonds. The Kier molecular flexibility index (Phi) is 11.7. The summed E-state index contributed by atoms with van der Waals surface area (Å²) in [4.78, 5) is 19.1. The van der Waals surface area contributed by atoms with Gasteiger partial charge in [0, 0.05) is 29.8 Å². The van der Waals surface area contributed by atoms with Crippen molar-refractivity contribution >= 4 is 11.9 Å². The molecule has 10 heteroatoms. The molecule has 7 nitrogen and oxygen atoms in total. The molecule has 2 aromatic carbocycles. The highest BCUT2D eigenvalue weighted by Gasteiger charge is 2.31. The number of aliphatic hydroxyl groups excluding tert-OH is 1. The molecule has 1 atom stereocenters. The van der Waals surface area contributed by atoms with Crippen LogP contribution in [0.5, 0.6) is 5.75 Å². The summed E-state index contributed by atoms with van der Waals surface area (Å²) < 4.78 is 44.6. The van der Waals surface area contributed by atoms with Gasteiger partial charge in [0.15, 0.2) is 0 Å². The summed E-state index contributed by atoms with van der Waals surface area (Å²) in [5.74, 6) is 3.23. The van der Waals surface area contributed by atoms with Crippen molar-refractivity contribution in [1.82, 2.24) is 5.32 Å². The van der Waals surface area contributed by atoms with Gasteiger partial charge in [-0.05, 0) is 51.1 Å². The third-order valence-electron chi connectivity index (χ3n) is 4.09. The van der Waals surface area contributed by atoms with Crippen LogP contribution >= 0.6 is 0 Å². The van der Waals surface area contributed by atoms with Crippen LogP contribution in [-0.4, -0.2) is 52.1 Å². The Hall–Kier alpha value is -3.81. The third kappa shape index (κ3) is 13.2. The molecule has 4 N–H and O–H groups in total. The minimum Gasteiger partial charge on any atom is -0.490 e. The summed E-state index contributed by atoms with van der Waals surface area (Å²) in [6, 6.07) is 12.3. The molecule has 194 valence electrons. The molecule has 0 aliphatic rings. The number of aliphatic carboxylic acids is 2. The number of halogens is 3. The first-order valence-corrected chi connectivity index (χ1v) is 10.7. The summed E-state index contributed by atoms with van der Waals surface area (Å²) in [5.41, 5.74) is 0.0504. The topological polar surface area (TPSA) is 116 Å². The molecule has 0 saturated carbocycles. The molecule has 0 saturated heterocycles. The van der Waals surface area contributed by atoms with Gasteiger partial charge in [0.05, 0.1) is 11.1 Å². The third-order valence-corrected chi connectivity index (χ3v) is 4.09. The lowest BCUT2D eigenvalue weighted by atomic mass is 10.1. The van der Waals surface area contributed by atoms with Gasteiger partial charge in [-0.3, -0.25) is 0 Å². The minimum absolute atomic E-state index is 0.00642. The van der Waals surface area contributed by atoms with E-state index in [1.54, 1.807) is 12.1 Å². The predicted molar refractivity (Wildman–Crippen MR) is 128 cm³/mol. The maximum Gasteiger partial charge on any atom is 0.416 e. The smallest absolute Gasteiger partial charge is 0.416 e. The van der Waals surface area contributed by atoms with E-state index in [4.69, 9.17) is 14.9 Å². The SMILES string of the molecule is CC(C)(C)NCC(O)COc1cc(C(F)(F)F)ccc1C#Cc1ccccc1.O=C(O)C=CC(=O)O. The van der Waals surface area contributed by atoms with Crippen LogP contribution in [0.3, 0.4) is 0 Å². The Morgan fingerprint density at radius 2 is 1.58 bits per heavy atom. The van der Waals surface area contributed by atoms with E-state index in [9.17, 15) is 27.9 Å². The predicted octanol–water partition coefficient (Wildman–Crippen LogP) is 3.94. The van der Waals surface area contributed by atoms with Crippen LogP contribution in [-0.2, 0) is 15.8 Å². The van der Waals surface area contributed by atoms with Crippen LogP contribution in [0.15, 0.2) is 60.7 Å². The summed E-state index contributed by atoms with van der Waals surface area (Å²) in [6.07, 6.45) is -4.25. The van der Waals surface area contributed by atoms with E-state index in [1.807, 2.05) is 39.0 Å². The first kappa shape index (κ1) is 30.2. The van der Waals surface area contributed by atoms with Crippen molar-refractivity contribution in [2.45, 2.75) is 38.6 Å². The summed E-state index contributed by atoms with van der Waals surface area (Å²) in [6.45, 7) is 5.96. The Morgan fingerprint density at radius 3 is 2.08 bits per heavy atom. The fraction of sp³-hybridized carbons (Fsp3) is 0.308. The molecule has 0 radical (unpaired) electrons. The molecule has 0 aromatic heterocycles. The van der Waals surface area contributed by atoms with Crippen molar-refractivity contribution in [2.24, 2.45) is 0 Å². The van der Waals surface area contributed by atoms with Gasteiger partial charge in [0.2, 0.25) is 0 Å². The quantitative estimate of drug-likeness (QED) is 0.331. The summed E-state index contributed by atoms with van der Waals surface area (Å²) in [7, 11) is 0. The Bertz CT molecular complexity index is 1080. The van der Waals surface area contributed by atoms with Gasteiger partial charge >= 0.3 is 18.1 Å². The molecular weight excluding hydrogens is 479 g/mol. The average Bonchev–Trinajstić information content (AvgIpc) is 2.79. The van der Waals surface area contributed by atoms with E-state index >= 15 is 0 Å². The van der Waals surface area contributed by atoms with Gasteiger partial charge < -0.3 is 25.4 Å². The second kappa shape index (κ2) is 13.9. The van der Waals surface area contributed by atoms with Crippen molar-refractivity contribution < 1.29 is 42.8 Å². The second-order valence-corrected chi connectivity index (χ2v) is 8.43. The molecule has 36 heavy (non-hydrogen) atoms. The standard InChI is InChI=1S/C22H24F3NO2.C4H4O4/c1-21(2,3)26-14-19(27)15-28-20-13-18(22(23,24)25)12-11-17(20)10-9-16-7-5-4-6-8-16;5-3(6)1-2-4(7)8/h4-8,11-13,19,26-27H,14-15H2,1-3H3;1-2H,(H,5,6)(H,7,8). The number of benzene rings is 2. The van der Waals surface area contributed by atoms with E-state index in [1.165, 1.54) is 6.07 Å². The monoisotopic (exact) mass is 507 g/mol. The van der Waals surface area contributed by atoms with Gasteiger partial charge in [0.1, 0.15) is 18.5 Å². The zero-order valence-electron chi connectivity index (χ0n) is 20.0. The van der Waals surface area contributed by atoms with E-state index in [0.29, 0.717) is 17.7 Å². The normalized spacial score (nSPS) is 12.1. The lowest BCUT2D eigenvalue weighted by Crippen LogP contribution is -2.42. The number of hydrogen-bond donors (Lipinski definition) is 4. The van der Waals surface area contributed by atoms with Crippen LogP contribution in [0.25, 0.3) is 0 Å². The molecule has 0 heterocycles. The number of aliphatic hydroxyl groups is 1. The maximum atomic E-state index is 13.1. The average molecular weight is 508 g/mol. The van der Waals surface area contributed by atoms with Gasteiger partial charge in [-0.2, -0.15) is 13.2 Å². The molecule has 0 fully saturated rings. The van der Waals surface area contributed by atoms with Crippen LogP contribution in [0.1, 0.15) is 37.5 Å². The number of carboxylic acid groups (broad SMARTS) is 2. The van der Waals surface area contributed by atoms with Crippen LogP contribution in [0.2, 0.25) is 0 Å². The van der Waals surface area contributed by atoms with Crippen LogP contribution < -0.4 is 10.1 Å². The molecule has 2 aromatic rings. The zero-order chi connectivity index (χ0) is 27.4. The lowest BCUT2D eigenvalue weighted by Gasteiger charge is -2.23. The maximum absolute atomic E-state index is 13.1. The number of carboxylic acids is 2. The van der Waals surface area contributed by atoms with E-state index in [-0.39, 0.29) is 24.4 Å². The molecule has 0 spiro atoms. The number of β-amino-alcohol motifs (C(OH)–C–C–N with tert-alkyl or cyclic N) is 1. The van der Waals surface area contributed by atoms with Crippen molar-refractivity contribution in [3.05, 3.63) is 77.4 Å². The van der Waals surface area contributed by atoms with Crippen LogP contribution in [0, 0.1) is 11.8 Å². The number of hydrogen-bond acceptors (Lipinski definition) is 5. The first-order valence-electron chi connectivity index (χ1n) is 10.7. The van der Waals surface area contributed by atoms with Crippen molar-refractivity contribution in [2.75, 3.05) is 13.2 Å². The molecule has 0 bridgehead atoms. The number of alkyl halides is 3. The summed E-state index contributed by atoms with van der Waals surface area (Å²) in [5, 5.41) is 28.8. The molecule has 0 aliphatic carbocycles. The largest absolute Gasteiger partial charge is 0.490 e. The molecule has 1 unspecified atom stereocenters. The molecular formula is C26H28F3NO6. The number of rotatable bonds is 7. The number of ether oxygens (including phenoxy) is 1. The number of nitrogens with one attached hydrogen (secondary N) is 1. The highest BCUT2D eigenvalue weighted by molar-refractivity contribution is 5.89. The molecule has 0 aliphatic heterocycles. The summed E-state index contributed by atoms with van der Waals surface area (Å²) >= 11 is 0. The van der Waals surface area contributed by atoms with E-state index in [2.05, 4.69) is 17.2 Å². The zero-order valence-corrected chi connectivity index (χ0v) is 20.0. The van der Waals surface area contributed by atoms with Crippen molar-refractivity contribution in [3.8, 4) is 17.6 Å². The Morgan fingerprint density at radius 1 is 1.00 bits per heavy atom. The van der Waals surface area contributed by atoms with E-state index < -0.39 is 29.8 Å². The Balaban J connectivity index is 0.000000697. The molecule has 2 rings (SSSR count). The highest BCUT2D eigenvalue weighted by atomic mass is 19.4. The lowest BCUT2D eigenvalue weighted by molar-refractivity contribution is -0.137. The van der Waals surface area contributed by atoms with Crippen molar-refractivity contribution in [3.63, 3.8) is 0 Å². The Labute approximate surface area is 207 Å². The van der Waals surface area contributed by atoms with Gasteiger partial charge in [-0.15, -0.1) is 0 Å². The fourth-order valence-electron chi connectivity index (χ4n) is 2.39. The number of carbonyl (C=O) groups is 2. The fourth-order valence-corrected chi connectivity index (χ4v) is 2.39. The first-order chi connectivity index (χ1) is 16.7. The van der Waals surface area contributed by atoms with Crippen LogP contribution in [0.4, 0.5) is 13.2 Å². The van der Waals surface area contributed by atoms with Gasteiger partial charge in [-0.1, -0.05) is 30.0 Å². The second-order valence-electron chi connectivity index (χ2n) is 8.43. The minimum atomic E-state index is -4.49. The highest BCUT2D eigenvalue weighted by Crippen LogP contribution is 2.33.